The number of amides is 1. The molecular formula is C28H37FN6O4. The number of halogens is 1. The largest absolute Gasteiger partial charge is 0.467 e. The first-order valence-corrected chi connectivity index (χ1v) is 13.4. The number of hydrogen-bond donors (Lipinski definition) is 0. The number of piperidine rings is 1. The van der Waals surface area contributed by atoms with E-state index in [1.807, 2.05) is 52.8 Å². The lowest BCUT2D eigenvalue weighted by atomic mass is 9.85. The summed E-state index contributed by atoms with van der Waals surface area (Å²) in [5.41, 5.74) is 2.09. The van der Waals surface area contributed by atoms with Crippen LogP contribution in [0.2, 0.25) is 0 Å². The van der Waals surface area contributed by atoms with Crippen molar-refractivity contribution >= 4 is 22.8 Å². The van der Waals surface area contributed by atoms with Crippen LogP contribution in [0.5, 0.6) is 6.01 Å². The van der Waals surface area contributed by atoms with Crippen molar-refractivity contribution in [3.63, 3.8) is 0 Å². The van der Waals surface area contributed by atoms with Crippen LogP contribution >= 0.6 is 0 Å². The van der Waals surface area contributed by atoms with Crippen LogP contribution in [-0.4, -0.2) is 88.5 Å². The zero-order valence-corrected chi connectivity index (χ0v) is 23.5. The van der Waals surface area contributed by atoms with Crippen molar-refractivity contribution in [1.29, 1.82) is 0 Å². The summed E-state index contributed by atoms with van der Waals surface area (Å²) < 4.78 is 33.9. The molecule has 0 unspecified atom stereocenters. The van der Waals surface area contributed by atoms with Crippen molar-refractivity contribution in [3.05, 3.63) is 35.5 Å². The van der Waals surface area contributed by atoms with Crippen molar-refractivity contribution in [1.82, 2.24) is 24.6 Å². The van der Waals surface area contributed by atoms with Gasteiger partial charge in [0.05, 0.1) is 38.1 Å². The molecule has 2 fully saturated rings. The Morgan fingerprint density at radius 3 is 2.59 bits per heavy atom. The first kappa shape index (κ1) is 27.1. The summed E-state index contributed by atoms with van der Waals surface area (Å²) in [4.78, 5) is 25.3. The number of rotatable bonds is 4. The van der Waals surface area contributed by atoms with Gasteiger partial charge in [0.2, 0.25) is 0 Å². The first-order chi connectivity index (χ1) is 18.5. The molecule has 3 aromatic rings. The summed E-state index contributed by atoms with van der Waals surface area (Å²) in [6, 6.07) is 6.17. The lowest BCUT2D eigenvalue weighted by Crippen LogP contribution is -2.46. The number of carbonyl (C=O) groups is 1. The van der Waals surface area contributed by atoms with Crippen LogP contribution in [0.3, 0.4) is 0 Å². The highest BCUT2D eigenvalue weighted by atomic mass is 19.1. The molecule has 0 radical (unpaired) electrons. The molecule has 2 aliphatic heterocycles. The molecule has 0 aliphatic carbocycles. The van der Waals surface area contributed by atoms with Crippen LogP contribution < -0.4 is 9.64 Å². The summed E-state index contributed by atoms with van der Waals surface area (Å²) in [6.45, 7) is 11.9. The van der Waals surface area contributed by atoms with Crippen molar-refractivity contribution in [2.24, 2.45) is 0 Å². The Morgan fingerprint density at radius 1 is 1.13 bits per heavy atom. The number of anilines is 1. The van der Waals surface area contributed by atoms with Gasteiger partial charge in [-0.1, -0.05) is 0 Å². The maximum absolute atomic E-state index is 15.6. The van der Waals surface area contributed by atoms with Crippen LogP contribution in [0.4, 0.5) is 15.0 Å². The predicted octanol–water partition coefficient (Wildman–Crippen LogP) is 4.42. The van der Waals surface area contributed by atoms with E-state index in [4.69, 9.17) is 14.2 Å². The minimum absolute atomic E-state index is 0.000754. The quantitative estimate of drug-likeness (QED) is 0.480. The number of ether oxygens (including phenoxy) is 3. The molecule has 5 rings (SSSR count). The fourth-order valence-electron chi connectivity index (χ4n) is 5.32. The maximum atomic E-state index is 15.6. The summed E-state index contributed by atoms with van der Waals surface area (Å²) >= 11 is 0. The van der Waals surface area contributed by atoms with E-state index < -0.39 is 17.9 Å². The number of aryl methyl sites for hydroxylation is 1. The Bertz CT molecular complexity index is 1360. The van der Waals surface area contributed by atoms with Gasteiger partial charge in [0.25, 0.3) is 0 Å². The Labute approximate surface area is 228 Å². The fraction of sp³-hybridized carbons (Fsp3) is 0.571. The molecule has 210 valence electrons. The molecular weight excluding hydrogens is 503 g/mol. The van der Waals surface area contributed by atoms with Crippen molar-refractivity contribution < 1.29 is 23.4 Å². The van der Waals surface area contributed by atoms with Gasteiger partial charge in [0.15, 0.2) is 5.82 Å². The van der Waals surface area contributed by atoms with Crippen molar-refractivity contribution in [2.45, 2.75) is 64.8 Å². The minimum Gasteiger partial charge on any atom is -0.467 e. The van der Waals surface area contributed by atoms with Crippen LogP contribution in [0, 0.1) is 6.92 Å². The SMILES string of the molecule is COc1nc(N2CCO[C@@H](C)C2)cc(-n2ncc3cc(C)c([C@H]4CCN(C(=O)OC(C)(C)C)C[C@H]4F)cc32)n1. The van der Waals surface area contributed by atoms with Gasteiger partial charge in [0, 0.05) is 37.0 Å². The lowest BCUT2D eigenvalue weighted by molar-refractivity contribution is 0.0111. The molecule has 2 saturated heterocycles. The van der Waals surface area contributed by atoms with Crippen LogP contribution in [-0.2, 0) is 9.47 Å². The average molecular weight is 541 g/mol. The number of fused-ring (bicyclic) bond motifs is 1. The van der Waals surface area contributed by atoms with E-state index in [1.165, 1.54) is 4.90 Å². The number of morpholine rings is 1. The molecule has 1 amide bonds. The number of alkyl halides is 1. The molecule has 2 aromatic heterocycles. The van der Waals surface area contributed by atoms with Crippen LogP contribution in [0.25, 0.3) is 16.7 Å². The van der Waals surface area contributed by atoms with Crippen molar-refractivity contribution in [3.8, 4) is 11.8 Å². The summed E-state index contributed by atoms with van der Waals surface area (Å²) in [5.74, 6) is 0.959. The molecule has 11 heteroatoms. The first-order valence-electron chi connectivity index (χ1n) is 13.4. The molecule has 0 N–H and O–H groups in total. The van der Waals surface area contributed by atoms with Gasteiger partial charge >= 0.3 is 12.1 Å². The molecule has 0 bridgehead atoms. The second kappa shape index (κ2) is 10.6. The average Bonchev–Trinajstić information content (AvgIpc) is 3.29. The van der Waals surface area contributed by atoms with Gasteiger partial charge in [-0.15, -0.1) is 0 Å². The monoisotopic (exact) mass is 540 g/mol. The second-order valence-corrected chi connectivity index (χ2v) is 11.4. The van der Waals surface area contributed by atoms with E-state index >= 15 is 4.39 Å². The summed E-state index contributed by atoms with van der Waals surface area (Å²) in [7, 11) is 1.54. The van der Waals surface area contributed by atoms with E-state index in [0.29, 0.717) is 38.5 Å². The highest BCUT2D eigenvalue weighted by Gasteiger charge is 2.35. The van der Waals surface area contributed by atoms with E-state index in [9.17, 15) is 4.79 Å². The fourth-order valence-corrected chi connectivity index (χ4v) is 5.32. The van der Waals surface area contributed by atoms with Gasteiger partial charge in [-0.3, -0.25) is 0 Å². The van der Waals surface area contributed by atoms with E-state index in [1.54, 1.807) is 18.0 Å². The Hall–Kier alpha value is -3.47. The third kappa shape index (κ3) is 5.78. The van der Waals surface area contributed by atoms with E-state index in [-0.39, 0.29) is 24.6 Å². The zero-order valence-electron chi connectivity index (χ0n) is 23.5. The van der Waals surface area contributed by atoms with Gasteiger partial charge in [0.1, 0.15) is 17.6 Å². The third-order valence-corrected chi connectivity index (χ3v) is 7.19. The summed E-state index contributed by atoms with van der Waals surface area (Å²) in [5, 5.41) is 5.55. The van der Waals surface area contributed by atoms with Crippen LogP contribution in [0.15, 0.2) is 24.4 Å². The second-order valence-electron chi connectivity index (χ2n) is 11.4. The number of methoxy groups -OCH3 is 1. The van der Waals surface area contributed by atoms with Gasteiger partial charge in [-0.25, -0.2) is 13.9 Å². The van der Waals surface area contributed by atoms with Crippen LogP contribution in [0.1, 0.15) is 51.2 Å². The molecule has 1 aromatic carbocycles. The predicted molar refractivity (Wildman–Crippen MR) is 146 cm³/mol. The number of hydrogen-bond acceptors (Lipinski definition) is 8. The van der Waals surface area contributed by atoms with Gasteiger partial charge < -0.3 is 24.0 Å². The minimum atomic E-state index is -1.21. The highest BCUT2D eigenvalue weighted by Crippen LogP contribution is 2.36. The molecule has 2 aliphatic rings. The number of benzene rings is 1. The molecule has 39 heavy (non-hydrogen) atoms. The van der Waals surface area contributed by atoms with Gasteiger partial charge in [-0.05, 0) is 64.3 Å². The third-order valence-electron chi connectivity index (χ3n) is 7.19. The molecule has 3 atom stereocenters. The normalized spacial score (nSPS) is 22.3. The van der Waals surface area contributed by atoms with Gasteiger partial charge in [-0.2, -0.15) is 15.1 Å². The zero-order chi connectivity index (χ0) is 27.9. The topological polar surface area (TPSA) is 94.8 Å². The standard InChI is InChI=1S/C28H37FN6O4/c1-17-11-19-14-30-35(25-13-24(31-26(32-25)37-6)33-9-10-38-18(2)15-33)23(19)12-21(17)20-7-8-34(16-22(20)29)27(36)39-28(3,4)5/h11-14,18,20,22H,7-10,15-16H2,1-6H3/t18-,20+,22+/m0/s1. The van der Waals surface area contributed by atoms with E-state index in [2.05, 4.69) is 20.0 Å². The Balaban J connectivity index is 1.45. The Morgan fingerprint density at radius 2 is 1.90 bits per heavy atom. The highest BCUT2D eigenvalue weighted by molar-refractivity contribution is 5.82. The Kier molecular flexibility index (Phi) is 7.37. The molecule has 0 saturated carbocycles. The number of nitrogens with zero attached hydrogens (tertiary/aromatic N) is 6. The number of aromatic nitrogens is 4. The lowest BCUT2D eigenvalue weighted by Gasteiger charge is -2.36. The van der Waals surface area contributed by atoms with E-state index in [0.717, 1.165) is 27.8 Å². The maximum Gasteiger partial charge on any atom is 0.410 e. The number of carbonyl (C=O) groups excluding carboxylic acids is 1. The molecule has 0 spiro atoms. The summed E-state index contributed by atoms with van der Waals surface area (Å²) in [6.07, 6.45) is 0.691. The molecule has 4 heterocycles. The number of likely N-dealkylation sites (tertiary alicyclic amines) is 1. The molecule has 10 nitrogen and oxygen atoms in total. The smallest absolute Gasteiger partial charge is 0.410 e. The van der Waals surface area contributed by atoms with Crippen molar-refractivity contribution in [2.75, 3.05) is 44.8 Å².